The Balaban J connectivity index is 1.92. The molecule has 1 amide bonds. The smallest absolute Gasteiger partial charge is 0.271 e. The van der Waals surface area contributed by atoms with Gasteiger partial charge in [0, 0.05) is 23.9 Å². The molecule has 0 aliphatic heterocycles. The highest BCUT2D eigenvalue weighted by atomic mass is 32.1. The molecule has 3 rings (SSSR count). The number of rotatable bonds is 5. The Labute approximate surface area is 142 Å². The SMILES string of the molecule is Cc1csc2ncc(C(=O)NC(CCO)c3ccccc3)c(=O)n12. The standard InChI is InChI=1S/C17H17N3O3S/c1-11-10-24-17-18-9-13(16(23)20(11)17)15(22)19-14(7-8-21)12-5-3-2-4-6-12/h2-6,9-10,14,21H,7-8H2,1H3,(H,19,22). The third-order valence-electron chi connectivity index (χ3n) is 3.79. The summed E-state index contributed by atoms with van der Waals surface area (Å²) in [6, 6.07) is 8.99. The molecule has 1 aromatic carbocycles. The van der Waals surface area contributed by atoms with E-state index < -0.39 is 5.91 Å². The number of aromatic nitrogens is 2. The molecule has 0 radical (unpaired) electrons. The number of aliphatic hydroxyl groups is 1. The summed E-state index contributed by atoms with van der Waals surface area (Å²) in [4.78, 5) is 29.8. The van der Waals surface area contributed by atoms with Crippen LogP contribution in [0.25, 0.3) is 4.96 Å². The van der Waals surface area contributed by atoms with E-state index in [0.29, 0.717) is 11.4 Å². The zero-order valence-corrected chi connectivity index (χ0v) is 13.9. The number of hydrogen-bond donors (Lipinski definition) is 2. The van der Waals surface area contributed by atoms with Crippen molar-refractivity contribution in [2.75, 3.05) is 6.61 Å². The summed E-state index contributed by atoms with van der Waals surface area (Å²) in [5.74, 6) is -0.491. The molecule has 0 saturated heterocycles. The predicted octanol–water partition coefficient (Wildman–Crippen LogP) is 1.92. The van der Waals surface area contributed by atoms with E-state index in [-0.39, 0.29) is 23.8 Å². The zero-order valence-electron chi connectivity index (χ0n) is 13.1. The first kappa shape index (κ1) is 16.4. The summed E-state index contributed by atoms with van der Waals surface area (Å²) in [6.45, 7) is 1.73. The van der Waals surface area contributed by atoms with Gasteiger partial charge in [-0.1, -0.05) is 30.3 Å². The Kier molecular flexibility index (Phi) is 4.73. The highest BCUT2D eigenvalue weighted by Gasteiger charge is 2.19. The van der Waals surface area contributed by atoms with Gasteiger partial charge in [-0.25, -0.2) is 4.98 Å². The van der Waals surface area contributed by atoms with Crippen molar-refractivity contribution in [2.45, 2.75) is 19.4 Å². The Morgan fingerprint density at radius 2 is 2.12 bits per heavy atom. The number of nitrogens with zero attached hydrogens (tertiary/aromatic N) is 2. The molecule has 124 valence electrons. The van der Waals surface area contributed by atoms with Crippen LogP contribution in [0.5, 0.6) is 0 Å². The molecule has 3 aromatic rings. The second kappa shape index (κ2) is 6.94. The van der Waals surface area contributed by atoms with Crippen LogP contribution in [-0.2, 0) is 0 Å². The lowest BCUT2D eigenvalue weighted by Gasteiger charge is -2.18. The maximum Gasteiger partial charge on any atom is 0.271 e. The van der Waals surface area contributed by atoms with Gasteiger partial charge in [0.25, 0.3) is 11.5 Å². The number of carbonyl (C=O) groups excluding carboxylic acids is 1. The Hall–Kier alpha value is -2.51. The van der Waals surface area contributed by atoms with E-state index in [9.17, 15) is 14.7 Å². The molecule has 1 unspecified atom stereocenters. The summed E-state index contributed by atoms with van der Waals surface area (Å²) >= 11 is 1.35. The first-order chi connectivity index (χ1) is 11.6. The van der Waals surface area contributed by atoms with Gasteiger partial charge in [0.2, 0.25) is 0 Å². The van der Waals surface area contributed by atoms with Crippen molar-refractivity contribution >= 4 is 22.2 Å². The highest BCUT2D eigenvalue weighted by molar-refractivity contribution is 7.15. The maximum absolute atomic E-state index is 12.6. The van der Waals surface area contributed by atoms with Crippen LogP contribution < -0.4 is 10.9 Å². The van der Waals surface area contributed by atoms with E-state index in [2.05, 4.69) is 10.3 Å². The fraction of sp³-hybridized carbons (Fsp3) is 0.235. The fourth-order valence-corrected chi connectivity index (χ4v) is 3.38. The van der Waals surface area contributed by atoms with Gasteiger partial charge in [-0.3, -0.25) is 14.0 Å². The largest absolute Gasteiger partial charge is 0.396 e. The number of aryl methyl sites for hydroxylation is 1. The van der Waals surface area contributed by atoms with Crippen molar-refractivity contribution in [3.8, 4) is 0 Å². The lowest BCUT2D eigenvalue weighted by atomic mass is 10.0. The van der Waals surface area contributed by atoms with Crippen molar-refractivity contribution in [3.05, 3.63) is 69.1 Å². The van der Waals surface area contributed by atoms with Crippen LogP contribution in [0.2, 0.25) is 0 Å². The monoisotopic (exact) mass is 343 g/mol. The molecule has 24 heavy (non-hydrogen) atoms. The van der Waals surface area contributed by atoms with Gasteiger partial charge >= 0.3 is 0 Å². The quantitative estimate of drug-likeness (QED) is 0.741. The molecule has 1 atom stereocenters. The third kappa shape index (κ3) is 3.08. The molecular formula is C17H17N3O3S. The van der Waals surface area contributed by atoms with E-state index in [1.54, 1.807) is 6.92 Å². The van der Waals surface area contributed by atoms with Gasteiger partial charge < -0.3 is 10.4 Å². The summed E-state index contributed by atoms with van der Waals surface area (Å²) in [5.41, 5.74) is 1.23. The molecule has 0 bridgehead atoms. The van der Waals surface area contributed by atoms with Gasteiger partial charge in [-0.15, -0.1) is 11.3 Å². The van der Waals surface area contributed by atoms with E-state index >= 15 is 0 Å². The van der Waals surface area contributed by atoms with Crippen LogP contribution in [-0.4, -0.2) is 27.0 Å². The summed E-state index contributed by atoms with van der Waals surface area (Å²) in [5, 5.41) is 13.9. The molecule has 7 heteroatoms. The summed E-state index contributed by atoms with van der Waals surface area (Å²) < 4.78 is 1.43. The topological polar surface area (TPSA) is 83.7 Å². The van der Waals surface area contributed by atoms with Gasteiger partial charge in [-0.05, 0) is 18.9 Å². The number of thiazole rings is 1. The second-order valence-electron chi connectivity index (χ2n) is 5.42. The number of fused-ring (bicyclic) bond motifs is 1. The van der Waals surface area contributed by atoms with Gasteiger partial charge in [0.05, 0.1) is 6.04 Å². The molecule has 2 heterocycles. The molecule has 0 aliphatic rings. The minimum absolute atomic E-state index is 0.00660. The summed E-state index contributed by atoms with van der Waals surface area (Å²) in [7, 11) is 0. The number of hydrogen-bond acceptors (Lipinski definition) is 5. The predicted molar refractivity (Wildman–Crippen MR) is 92.4 cm³/mol. The average molecular weight is 343 g/mol. The number of amides is 1. The van der Waals surface area contributed by atoms with E-state index in [0.717, 1.165) is 11.3 Å². The van der Waals surface area contributed by atoms with Crippen LogP contribution in [0.15, 0.2) is 46.7 Å². The van der Waals surface area contributed by atoms with Gasteiger partial charge in [0.1, 0.15) is 5.56 Å². The zero-order chi connectivity index (χ0) is 17.1. The van der Waals surface area contributed by atoms with Crippen molar-refractivity contribution in [1.82, 2.24) is 14.7 Å². The van der Waals surface area contributed by atoms with Crippen LogP contribution in [0.4, 0.5) is 0 Å². The lowest BCUT2D eigenvalue weighted by Crippen LogP contribution is -2.34. The highest BCUT2D eigenvalue weighted by Crippen LogP contribution is 2.17. The number of nitrogens with one attached hydrogen (secondary N) is 1. The molecule has 0 saturated carbocycles. The van der Waals surface area contributed by atoms with Crippen LogP contribution in [0.1, 0.15) is 34.1 Å². The molecule has 0 aliphatic carbocycles. The molecule has 0 spiro atoms. The van der Waals surface area contributed by atoms with Crippen molar-refractivity contribution < 1.29 is 9.90 Å². The Morgan fingerprint density at radius 3 is 2.83 bits per heavy atom. The Morgan fingerprint density at radius 1 is 1.38 bits per heavy atom. The van der Waals surface area contributed by atoms with Gasteiger partial charge in [0.15, 0.2) is 4.96 Å². The number of aliphatic hydroxyl groups excluding tert-OH is 1. The number of benzene rings is 1. The third-order valence-corrected chi connectivity index (χ3v) is 4.74. The van der Waals surface area contributed by atoms with Crippen LogP contribution in [0.3, 0.4) is 0 Å². The summed E-state index contributed by atoms with van der Waals surface area (Å²) in [6.07, 6.45) is 1.67. The first-order valence-electron chi connectivity index (χ1n) is 7.54. The number of carbonyl (C=O) groups is 1. The van der Waals surface area contributed by atoms with Crippen LogP contribution >= 0.6 is 11.3 Å². The van der Waals surface area contributed by atoms with Crippen molar-refractivity contribution in [2.24, 2.45) is 0 Å². The average Bonchev–Trinajstić information content (AvgIpc) is 2.97. The normalized spacial score (nSPS) is 12.2. The molecule has 2 N–H and O–H groups in total. The lowest BCUT2D eigenvalue weighted by molar-refractivity contribution is 0.0928. The minimum atomic E-state index is -0.491. The first-order valence-corrected chi connectivity index (χ1v) is 8.42. The Bertz CT molecular complexity index is 918. The van der Waals surface area contributed by atoms with Gasteiger partial charge in [-0.2, -0.15) is 0 Å². The molecule has 0 fully saturated rings. The molecule has 2 aromatic heterocycles. The van der Waals surface area contributed by atoms with Crippen molar-refractivity contribution in [1.29, 1.82) is 0 Å². The van der Waals surface area contributed by atoms with E-state index in [1.807, 2.05) is 35.7 Å². The fourth-order valence-electron chi connectivity index (χ4n) is 2.55. The van der Waals surface area contributed by atoms with Crippen LogP contribution in [0, 0.1) is 6.92 Å². The van der Waals surface area contributed by atoms with E-state index in [4.69, 9.17) is 0 Å². The molecular weight excluding hydrogens is 326 g/mol. The van der Waals surface area contributed by atoms with E-state index in [1.165, 1.54) is 21.9 Å². The second-order valence-corrected chi connectivity index (χ2v) is 6.26. The molecule has 6 nitrogen and oxygen atoms in total. The minimum Gasteiger partial charge on any atom is -0.396 e. The van der Waals surface area contributed by atoms with Crippen molar-refractivity contribution in [3.63, 3.8) is 0 Å². The maximum atomic E-state index is 12.6.